The van der Waals surface area contributed by atoms with Gasteiger partial charge >= 0.3 is 24.5 Å². The number of ketones is 2. The summed E-state index contributed by atoms with van der Waals surface area (Å²) in [7, 11) is 4.46. The molecule has 0 spiro atoms. The molecule has 0 saturated carbocycles. The fourth-order valence-corrected chi connectivity index (χ4v) is 11.5. The van der Waals surface area contributed by atoms with Gasteiger partial charge in [-0.25, -0.2) is 22.8 Å². The lowest BCUT2D eigenvalue weighted by molar-refractivity contribution is -0.138. The van der Waals surface area contributed by atoms with Crippen molar-refractivity contribution in [2.75, 3.05) is 21.3 Å². The molecule has 0 unspecified atom stereocenters. The molecule has 2 aliphatic heterocycles. The maximum atomic E-state index is 14.0. The number of hydrogen-bond donors (Lipinski definition) is 0. The number of methoxy groups -OCH3 is 3. The molecule has 8 aromatic rings. The van der Waals surface area contributed by atoms with Crippen LogP contribution in [0, 0.1) is 31.3 Å². The van der Waals surface area contributed by atoms with Crippen LogP contribution in [0.4, 0.5) is 49.1 Å². The van der Waals surface area contributed by atoms with Gasteiger partial charge in [0.1, 0.15) is 29.5 Å². The predicted octanol–water partition coefficient (Wildman–Crippen LogP) is 18.5. The van der Waals surface area contributed by atoms with E-state index in [4.69, 9.17) is 23.7 Å². The van der Waals surface area contributed by atoms with Crippen molar-refractivity contribution in [2.24, 2.45) is 0 Å². The summed E-state index contributed by atoms with van der Waals surface area (Å²) in [5, 5.41) is 0. The third-order valence-electron chi connectivity index (χ3n) is 16.4. The van der Waals surface area contributed by atoms with Crippen LogP contribution in [-0.4, -0.2) is 67.0 Å². The van der Waals surface area contributed by atoms with Gasteiger partial charge in [-0.05, 0) is 174 Å². The topological polar surface area (TPSA) is 121 Å². The van der Waals surface area contributed by atoms with E-state index >= 15 is 0 Å². The minimum atomic E-state index is -4.70. The maximum absolute atomic E-state index is 14.0. The fourth-order valence-electron chi connectivity index (χ4n) is 11.5. The summed E-state index contributed by atoms with van der Waals surface area (Å²) in [4.78, 5) is 53.2. The SMILES string of the molecule is CCC(=O)c1ccc(-c2ccc(OC)c(-c3ccc(C(F)(F)F)cc3CN3C(=O)O[C@H](c4cc(F)c(F)c(F)c4)[C@@H]3C)c2)c(C)c1.CCC(=O)c1ccc(-c2ccc(OC)c(-c3ccc(C(F)(F)F)cc3CN3C(=O)O[C@H](c4cccc(OC)c4)[C@@H]3C)c2)c(C)c1. The number of ether oxygens (including phenoxy) is 5. The molecule has 4 atom stereocenters. The first-order valence-corrected chi connectivity index (χ1v) is 29.0. The molecule has 2 fully saturated rings. The van der Waals surface area contributed by atoms with Crippen LogP contribution >= 0.6 is 0 Å². The van der Waals surface area contributed by atoms with Gasteiger partial charge in [0.2, 0.25) is 0 Å². The molecule has 10 rings (SSSR count). The van der Waals surface area contributed by atoms with Gasteiger partial charge in [-0.2, -0.15) is 26.3 Å². The monoisotopic (exact) mass is 1260 g/mol. The van der Waals surface area contributed by atoms with Crippen molar-refractivity contribution in [1.82, 2.24) is 9.80 Å². The van der Waals surface area contributed by atoms with Crippen molar-refractivity contribution < 1.29 is 82.4 Å². The van der Waals surface area contributed by atoms with E-state index in [1.54, 1.807) is 80.6 Å². The Morgan fingerprint density at radius 2 is 0.901 bits per heavy atom. The highest BCUT2D eigenvalue weighted by atomic mass is 19.4. The maximum Gasteiger partial charge on any atom is 0.416 e. The Bertz CT molecular complexity index is 4090. The largest absolute Gasteiger partial charge is 0.497 e. The van der Waals surface area contributed by atoms with Gasteiger partial charge in [-0.1, -0.05) is 74.5 Å². The Balaban J connectivity index is 0.000000215. The van der Waals surface area contributed by atoms with Gasteiger partial charge in [0.15, 0.2) is 29.0 Å². The standard InChI is InChI=1S/C36H34F3NO5.C35H29F6NO4/c1-6-32(41)24-10-13-29(21(2)16-24)23-11-15-33(44-5)31(19-23)30-14-12-27(36(37,38)39)17-26(30)20-40-22(3)34(45-35(40)42)25-8-7-9-28(18-25)43-4;1-5-30(43)21-6-9-25(18(2)12-21)20-7-11-31(45-4)27(14-20)26-10-8-24(35(39,40)41)13-23(26)17-42-19(3)33(46-34(42)44)22-15-28(36)32(38)29(37)16-22/h7-19,22,34H,6,20H2,1-5H3;6-16,19,33H,5,17H2,1-4H3/t22-,34-;19-,33-/m00/s1. The van der Waals surface area contributed by atoms with Crippen LogP contribution in [0.5, 0.6) is 17.2 Å². The minimum absolute atomic E-state index is 0.00827. The second-order valence-electron chi connectivity index (χ2n) is 22.1. The zero-order valence-corrected chi connectivity index (χ0v) is 51.0. The quantitative estimate of drug-likeness (QED) is 0.0498. The molecule has 0 bridgehead atoms. The second-order valence-corrected chi connectivity index (χ2v) is 22.1. The normalized spacial score (nSPS) is 16.5. The molecule has 0 aliphatic carbocycles. The molecular weight excluding hydrogens is 1200 g/mol. The van der Waals surface area contributed by atoms with Crippen molar-refractivity contribution in [2.45, 2.75) is 104 Å². The number of amides is 2. The van der Waals surface area contributed by atoms with Gasteiger partial charge in [0, 0.05) is 40.7 Å². The Hall–Kier alpha value is -9.59. The van der Waals surface area contributed by atoms with Crippen LogP contribution in [0.2, 0.25) is 0 Å². The summed E-state index contributed by atoms with van der Waals surface area (Å²) in [6, 6.07) is 35.4. The second kappa shape index (κ2) is 26.9. The van der Waals surface area contributed by atoms with E-state index in [2.05, 4.69) is 0 Å². The average Bonchev–Trinajstić information content (AvgIpc) is 2.01. The Morgan fingerprint density at radius 3 is 1.29 bits per heavy atom. The smallest absolute Gasteiger partial charge is 0.416 e. The van der Waals surface area contributed by atoms with E-state index in [1.165, 1.54) is 45.3 Å². The summed E-state index contributed by atoms with van der Waals surface area (Å²) in [5.41, 5.74) is 7.10. The molecule has 91 heavy (non-hydrogen) atoms. The molecule has 0 aromatic heterocycles. The molecule has 8 aromatic carbocycles. The summed E-state index contributed by atoms with van der Waals surface area (Å²) < 4.78 is 153. The fraction of sp³-hybridized carbons (Fsp3) is 0.268. The van der Waals surface area contributed by atoms with E-state index in [0.29, 0.717) is 69.0 Å². The molecule has 11 nitrogen and oxygen atoms in total. The number of alkyl halides is 6. The Morgan fingerprint density at radius 1 is 0.484 bits per heavy atom. The lowest BCUT2D eigenvalue weighted by Gasteiger charge is -2.24. The average molecular weight is 1260 g/mol. The number of aryl methyl sites for hydroxylation is 2. The first-order chi connectivity index (χ1) is 43.2. The highest BCUT2D eigenvalue weighted by molar-refractivity contribution is 5.97. The van der Waals surface area contributed by atoms with E-state index < -0.39 is 77.4 Å². The van der Waals surface area contributed by atoms with Crippen molar-refractivity contribution in [1.29, 1.82) is 0 Å². The molecule has 474 valence electrons. The Kier molecular flexibility index (Phi) is 19.4. The van der Waals surface area contributed by atoms with E-state index in [1.807, 2.05) is 51.1 Å². The molecule has 2 amide bonds. The predicted molar refractivity (Wildman–Crippen MR) is 324 cm³/mol. The van der Waals surface area contributed by atoms with Gasteiger partial charge in [0.25, 0.3) is 0 Å². The Labute approximate surface area is 519 Å². The lowest BCUT2D eigenvalue weighted by Crippen LogP contribution is -2.31. The third kappa shape index (κ3) is 13.9. The molecule has 2 heterocycles. The van der Waals surface area contributed by atoms with Crippen LogP contribution in [-0.2, 0) is 34.9 Å². The van der Waals surface area contributed by atoms with Crippen LogP contribution < -0.4 is 14.2 Å². The first kappa shape index (κ1) is 65.8. The van der Waals surface area contributed by atoms with Gasteiger partial charge in [-0.3, -0.25) is 19.4 Å². The summed E-state index contributed by atoms with van der Waals surface area (Å²) >= 11 is 0. The first-order valence-electron chi connectivity index (χ1n) is 29.0. The van der Waals surface area contributed by atoms with Crippen molar-refractivity contribution in [3.8, 4) is 61.8 Å². The highest BCUT2D eigenvalue weighted by Crippen LogP contribution is 2.45. The lowest BCUT2D eigenvalue weighted by atomic mass is 9.91. The minimum Gasteiger partial charge on any atom is -0.497 e. The van der Waals surface area contributed by atoms with Crippen molar-refractivity contribution in [3.05, 3.63) is 219 Å². The molecule has 0 N–H and O–H groups in total. The van der Waals surface area contributed by atoms with E-state index in [-0.39, 0.29) is 41.3 Å². The summed E-state index contributed by atoms with van der Waals surface area (Å²) in [5.74, 6) is -3.17. The van der Waals surface area contributed by atoms with E-state index in [9.17, 15) is 58.7 Å². The van der Waals surface area contributed by atoms with Gasteiger partial charge in [0.05, 0.1) is 57.6 Å². The van der Waals surface area contributed by atoms with Crippen molar-refractivity contribution in [3.63, 3.8) is 0 Å². The van der Waals surface area contributed by atoms with Crippen LogP contribution in [0.3, 0.4) is 0 Å². The van der Waals surface area contributed by atoms with Crippen LogP contribution in [0.25, 0.3) is 44.5 Å². The number of halogens is 9. The van der Waals surface area contributed by atoms with Crippen molar-refractivity contribution >= 4 is 23.8 Å². The number of carbonyl (C=O) groups is 4. The van der Waals surface area contributed by atoms with Crippen LogP contribution in [0.15, 0.2) is 146 Å². The number of nitrogens with zero attached hydrogens (tertiary/aromatic N) is 2. The number of Topliss-reactive ketones (excluding diaryl/α,β-unsaturated/α-hetero) is 2. The molecule has 2 saturated heterocycles. The number of cyclic esters (lactones) is 2. The molecule has 0 radical (unpaired) electrons. The summed E-state index contributed by atoms with van der Waals surface area (Å²) in [6.45, 7) is 10.2. The van der Waals surface area contributed by atoms with Gasteiger partial charge in [-0.15, -0.1) is 0 Å². The molecular formula is C71H63F9N2O9. The molecule has 20 heteroatoms. The number of hydrogen-bond acceptors (Lipinski definition) is 9. The zero-order chi connectivity index (χ0) is 66.0. The zero-order valence-electron chi connectivity index (χ0n) is 51.0. The van der Waals surface area contributed by atoms with Crippen LogP contribution in [0.1, 0.15) is 118 Å². The van der Waals surface area contributed by atoms with E-state index in [0.717, 1.165) is 74.7 Å². The number of carbonyl (C=O) groups excluding carboxylic acids is 4. The number of benzene rings is 8. The van der Waals surface area contributed by atoms with Gasteiger partial charge < -0.3 is 23.7 Å². The highest BCUT2D eigenvalue weighted by Gasteiger charge is 2.43. The number of rotatable bonds is 17. The third-order valence-corrected chi connectivity index (χ3v) is 16.4. The molecule has 2 aliphatic rings. The summed E-state index contributed by atoms with van der Waals surface area (Å²) in [6.07, 6.45) is -11.9.